The number of aromatic nitrogens is 3. The lowest BCUT2D eigenvalue weighted by atomic mass is 10.2. The first-order valence-corrected chi connectivity index (χ1v) is 9.02. The first-order chi connectivity index (χ1) is 11.3. The van der Waals surface area contributed by atoms with Gasteiger partial charge in [-0.3, -0.25) is 4.57 Å². The van der Waals surface area contributed by atoms with E-state index >= 15 is 0 Å². The number of nitrogens with zero attached hydrogens (tertiary/aromatic N) is 3. The van der Waals surface area contributed by atoms with Gasteiger partial charge in [0.05, 0.1) is 0 Å². The van der Waals surface area contributed by atoms with Crippen molar-refractivity contribution in [3.63, 3.8) is 0 Å². The van der Waals surface area contributed by atoms with E-state index in [1.807, 2.05) is 36.4 Å². The van der Waals surface area contributed by atoms with E-state index in [0.29, 0.717) is 6.54 Å². The van der Waals surface area contributed by atoms with Crippen LogP contribution in [0, 0.1) is 0 Å². The molecule has 116 valence electrons. The molecule has 0 aliphatic rings. The monoisotopic (exact) mass is 385 g/mol. The van der Waals surface area contributed by atoms with Crippen LogP contribution >= 0.6 is 27.7 Å². The van der Waals surface area contributed by atoms with E-state index in [2.05, 4.69) is 61.5 Å². The number of thioether (sulfide) groups is 1. The van der Waals surface area contributed by atoms with Gasteiger partial charge in [-0.25, -0.2) is 0 Å². The summed E-state index contributed by atoms with van der Waals surface area (Å²) in [6.07, 6.45) is 1.87. The van der Waals surface area contributed by atoms with Gasteiger partial charge in [0.15, 0.2) is 11.0 Å². The van der Waals surface area contributed by atoms with E-state index < -0.39 is 0 Å². The smallest absolute Gasteiger partial charge is 0.192 e. The molecule has 0 fully saturated rings. The van der Waals surface area contributed by atoms with Gasteiger partial charge in [0, 0.05) is 22.3 Å². The van der Waals surface area contributed by atoms with E-state index in [0.717, 1.165) is 26.8 Å². The van der Waals surface area contributed by atoms with Gasteiger partial charge < -0.3 is 0 Å². The molecule has 23 heavy (non-hydrogen) atoms. The Morgan fingerprint density at radius 3 is 2.48 bits per heavy atom. The largest absolute Gasteiger partial charge is 0.298 e. The zero-order valence-electron chi connectivity index (χ0n) is 12.5. The third-order valence-corrected chi connectivity index (χ3v) is 4.91. The predicted molar refractivity (Wildman–Crippen MR) is 99.4 cm³/mol. The quantitative estimate of drug-likeness (QED) is 0.432. The summed E-state index contributed by atoms with van der Waals surface area (Å²) >= 11 is 5.15. The summed E-state index contributed by atoms with van der Waals surface area (Å²) in [5.74, 6) is 1.74. The van der Waals surface area contributed by atoms with Crippen LogP contribution in [-0.2, 0) is 12.3 Å². The predicted octanol–water partition coefficient (Wildman–Crippen LogP) is 5.19. The molecule has 0 bridgehead atoms. The maximum absolute atomic E-state index is 4.37. The van der Waals surface area contributed by atoms with Crippen molar-refractivity contribution < 1.29 is 0 Å². The summed E-state index contributed by atoms with van der Waals surface area (Å²) in [4.78, 5) is 0. The fourth-order valence-electron chi connectivity index (χ4n) is 2.22. The second-order valence-electron chi connectivity index (χ2n) is 4.99. The minimum atomic E-state index is 0.694. The lowest BCUT2D eigenvalue weighted by Crippen LogP contribution is -2.00. The minimum Gasteiger partial charge on any atom is -0.298 e. The first kappa shape index (κ1) is 16.0. The topological polar surface area (TPSA) is 30.7 Å². The SMILES string of the molecule is C=CCn1c(SCc2ccc(Br)cc2)nnc1-c1ccccc1. The molecule has 0 N–H and O–H groups in total. The summed E-state index contributed by atoms with van der Waals surface area (Å²) in [6.45, 7) is 4.54. The van der Waals surface area contributed by atoms with Crippen LogP contribution < -0.4 is 0 Å². The second kappa shape index (κ2) is 7.62. The van der Waals surface area contributed by atoms with Crippen LogP contribution in [0.1, 0.15) is 5.56 Å². The van der Waals surface area contributed by atoms with Crippen molar-refractivity contribution in [2.24, 2.45) is 0 Å². The minimum absolute atomic E-state index is 0.694. The fraction of sp³-hybridized carbons (Fsp3) is 0.111. The summed E-state index contributed by atoms with van der Waals surface area (Å²) in [6, 6.07) is 18.5. The molecule has 2 aromatic carbocycles. The molecule has 0 saturated heterocycles. The maximum Gasteiger partial charge on any atom is 0.192 e. The third-order valence-electron chi connectivity index (χ3n) is 3.34. The number of allylic oxidation sites excluding steroid dienone is 1. The molecule has 0 saturated carbocycles. The van der Waals surface area contributed by atoms with Crippen molar-refractivity contribution in [2.45, 2.75) is 17.5 Å². The standard InChI is InChI=1S/C18H16BrN3S/c1-2-12-22-17(15-6-4-3-5-7-15)20-21-18(22)23-13-14-8-10-16(19)11-9-14/h2-11H,1,12-13H2. The highest BCUT2D eigenvalue weighted by molar-refractivity contribution is 9.10. The van der Waals surface area contributed by atoms with Crippen molar-refractivity contribution in [1.29, 1.82) is 0 Å². The highest BCUT2D eigenvalue weighted by Crippen LogP contribution is 2.26. The Labute approximate surface area is 148 Å². The molecule has 0 unspecified atom stereocenters. The summed E-state index contributed by atoms with van der Waals surface area (Å²) in [5.41, 5.74) is 2.32. The van der Waals surface area contributed by atoms with Gasteiger partial charge in [0.2, 0.25) is 0 Å². The van der Waals surface area contributed by atoms with E-state index in [4.69, 9.17) is 0 Å². The summed E-state index contributed by atoms with van der Waals surface area (Å²) in [7, 11) is 0. The molecule has 0 aliphatic carbocycles. The molecule has 5 heteroatoms. The van der Waals surface area contributed by atoms with Gasteiger partial charge in [-0.15, -0.1) is 16.8 Å². The van der Waals surface area contributed by atoms with Gasteiger partial charge in [-0.1, -0.05) is 76.2 Å². The van der Waals surface area contributed by atoms with Crippen LogP contribution in [-0.4, -0.2) is 14.8 Å². The second-order valence-corrected chi connectivity index (χ2v) is 6.84. The van der Waals surface area contributed by atoms with Crippen molar-refractivity contribution in [3.8, 4) is 11.4 Å². The Bertz CT molecular complexity index is 782. The Hall–Kier alpha value is -1.85. The molecular formula is C18H16BrN3S. The average Bonchev–Trinajstić information content (AvgIpc) is 2.98. The van der Waals surface area contributed by atoms with Gasteiger partial charge in [0.25, 0.3) is 0 Å². The van der Waals surface area contributed by atoms with Crippen molar-refractivity contribution in [3.05, 3.63) is 77.3 Å². The molecule has 0 spiro atoms. The normalized spacial score (nSPS) is 10.7. The van der Waals surface area contributed by atoms with Crippen LogP contribution in [0.25, 0.3) is 11.4 Å². The lowest BCUT2D eigenvalue weighted by molar-refractivity contribution is 0.731. The molecule has 3 rings (SSSR count). The Morgan fingerprint density at radius 1 is 1.04 bits per heavy atom. The van der Waals surface area contributed by atoms with E-state index in [1.165, 1.54) is 5.56 Å². The highest BCUT2D eigenvalue weighted by atomic mass is 79.9. The zero-order chi connectivity index (χ0) is 16.1. The molecule has 0 aliphatic heterocycles. The lowest BCUT2D eigenvalue weighted by Gasteiger charge is -2.07. The van der Waals surface area contributed by atoms with Crippen molar-refractivity contribution in [1.82, 2.24) is 14.8 Å². The Kier molecular flexibility index (Phi) is 5.31. The average molecular weight is 386 g/mol. The van der Waals surface area contributed by atoms with E-state index in [9.17, 15) is 0 Å². The molecule has 3 nitrogen and oxygen atoms in total. The van der Waals surface area contributed by atoms with Crippen molar-refractivity contribution >= 4 is 27.7 Å². The molecule has 3 aromatic rings. The zero-order valence-corrected chi connectivity index (χ0v) is 14.9. The third kappa shape index (κ3) is 3.92. The van der Waals surface area contributed by atoms with Crippen LogP contribution in [0.5, 0.6) is 0 Å². The Morgan fingerprint density at radius 2 is 1.78 bits per heavy atom. The van der Waals surface area contributed by atoms with Crippen LogP contribution in [0.2, 0.25) is 0 Å². The summed E-state index contributed by atoms with van der Waals surface area (Å²) in [5, 5.41) is 9.64. The van der Waals surface area contributed by atoms with Gasteiger partial charge in [-0.05, 0) is 17.7 Å². The van der Waals surface area contributed by atoms with E-state index in [1.54, 1.807) is 11.8 Å². The molecule has 0 radical (unpaired) electrons. The number of benzene rings is 2. The number of hydrogen-bond donors (Lipinski definition) is 0. The molecule has 0 amide bonds. The fourth-order valence-corrected chi connectivity index (χ4v) is 3.39. The molecule has 1 aromatic heterocycles. The number of hydrogen-bond acceptors (Lipinski definition) is 3. The van der Waals surface area contributed by atoms with Crippen LogP contribution in [0.3, 0.4) is 0 Å². The first-order valence-electron chi connectivity index (χ1n) is 7.24. The summed E-state index contributed by atoms with van der Waals surface area (Å²) < 4.78 is 3.19. The van der Waals surface area contributed by atoms with Gasteiger partial charge in [-0.2, -0.15) is 0 Å². The van der Waals surface area contributed by atoms with Gasteiger partial charge >= 0.3 is 0 Å². The Balaban J connectivity index is 1.83. The van der Waals surface area contributed by atoms with E-state index in [-0.39, 0.29) is 0 Å². The van der Waals surface area contributed by atoms with Crippen LogP contribution in [0.15, 0.2) is 76.9 Å². The van der Waals surface area contributed by atoms with Crippen LogP contribution in [0.4, 0.5) is 0 Å². The molecule has 0 atom stereocenters. The number of rotatable bonds is 6. The maximum atomic E-state index is 4.37. The molecule has 1 heterocycles. The van der Waals surface area contributed by atoms with Crippen molar-refractivity contribution in [2.75, 3.05) is 0 Å². The number of halogens is 1. The highest BCUT2D eigenvalue weighted by Gasteiger charge is 2.13. The molecular weight excluding hydrogens is 370 g/mol. The van der Waals surface area contributed by atoms with Gasteiger partial charge in [0.1, 0.15) is 0 Å².